The Morgan fingerprint density at radius 2 is 1.74 bits per heavy atom. The van der Waals surface area contributed by atoms with E-state index in [-0.39, 0.29) is 23.8 Å². The number of phenols is 1. The normalized spacial score (nSPS) is 15.5. The number of carbonyl (C=O) groups is 3. The van der Waals surface area contributed by atoms with Gasteiger partial charge in [-0.05, 0) is 51.5 Å². The molecule has 11 nitrogen and oxygen atoms in total. The van der Waals surface area contributed by atoms with Gasteiger partial charge in [-0.25, -0.2) is 14.4 Å². The number of likely N-dealkylation sites (N-methyl/N-ethyl adjacent to an activating group) is 2. The molecule has 35 heavy (non-hydrogen) atoms. The summed E-state index contributed by atoms with van der Waals surface area (Å²) in [6.45, 7) is 6.14. The largest absolute Gasteiger partial charge is 0.507 e. The molecule has 0 saturated heterocycles. The first-order chi connectivity index (χ1) is 16.4. The van der Waals surface area contributed by atoms with Crippen molar-refractivity contribution in [1.29, 1.82) is 0 Å². The molecule has 0 spiro atoms. The molecule has 0 heterocycles. The molecular formula is C24H32N4O7. The van der Waals surface area contributed by atoms with Gasteiger partial charge in [0, 0.05) is 33.1 Å². The third kappa shape index (κ3) is 9.11. The van der Waals surface area contributed by atoms with E-state index < -0.39 is 23.8 Å². The highest BCUT2D eigenvalue weighted by Crippen LogP contribution is 2.25. The summed E-state index contributed by atoms with van der Waals surface area (Å²) in [6, 6.07) is 3.95. The van der Waals surface area contributed by atoms with Gasteiger partial charge in [0.25, 0.3) is 0 Å². The molecule has 0 aliphatic heterocycles. The molecule has 1 atom stereocenters. The van der Waals surface area contributed by atoms with Crippen molar-refractivity contribution in [1.82, 2.24) is 9.80 Å². The smallest absolute Gasteiger partial charge is 0.410 e. The van der Waals surface area contributed by atoms with Gasteiger partial charge in [0.15, 0.2) is 0 Å². The maximum atomic E-state index is 12.3. The Labute approximate surface area is 204 Å². The highest BCUT2D eigenvalue weighted by Gasteiger charge is 2.21. The van der Waals surface area contributed by atoms with E-state index in [1.165, 1.54) is 28.0 Å². The van der Waals surface area contributed by atoms with Gasteiger partial charge in [0.2, 0.25) is 0 Å². The predicted octanol–water partition coefficient (Wildman–Crippen LogP) is 4.57. The van der Waals surface area contributed by atoms with Crippen molar-refractivity contribution in [3.63, 3.8) is 0 Å². The van der Waals surface area contributed by atoms with Crippen LogP contribution in [0.5, 0.6) is 5.75 Å². The summed E-state index contributed by atoms with van der Waals surface area (Å²) in [5.41, 5.74) is 0.0399. The highest BCUT2D eigenvalue weighted by molar-refractivity contribution is 5.91. The summed E-state index contributed by atoms with van der Waals surface area (Å²) in [4.78, 5) is 38.1. The van der Waals surface area contributed by atoms with Crippen molar-refractivity contribution >= 4 is 23.8 Å². The lowest BCUT2D eigenvalue weighted by atomic mass is 10.0. The Morgan fingerprint density at radius 1 is 1.09 bits per heavy atom. The summed E-state index contributed by atoms with van der Waals surface area (Å²) in [5, 5.41) is 26.7. The lowest BCUT2D eigenvalue weighted by molar-refractivity contribution is 0.0280. The molecule has 0 aromatic heterocycles. The second-order valence-corrected chi connectivity index (χ2v) is 9.09. The average molecular weight is 489 g/mol. The van der Waals surface area contributed by atoms with Crippen molar-refractivity contribution in [2.45, 2.75) is 32.8 Å². The Balaban J connectivity index is 1.77. The quantitative estimate of drug-likeness (QED) is 0.511. The SMILES string of the molecule is CN(CCN(C)C(=O)OC(C)(C)C)C(=O)OCC1C=CC(N=Nc2ccc(O)c(C(=O)O)c2)=CC1. The first-order valence-electron chi connectivity index (χ1n) is 11.0. The molecule has 0 bridgehead atoms. The van der Waals surface area contributed by atoms with Gasteiger partial charge in [0.05, 0.1) is 18.0 Å². The van der Waals surface area contributed by atoms with E-state index >= 15 is 0 Å². The number of carboxylic acids is 1. The molecule has 11 heteroatoms. The van der Waals surface area contributed by atoms with Gasteiger partial charge < -0.3 is 29.5 Å². The summed E-state index contributed by atoms with van der Waals surface area (Å²) < 4.78 is 10.6. The van der Waals surface area contributed by atoms with Gasteiger partial charge in [-0.3, -0.25) is 0 Å². The van der Waals surface area contributed by atoms with E-state index in [0.29, 0.717) is 30.9 Å². The fraction of sp³-hybridized carbons (Fsp3) is 0.458. The minimum atomic E-state index is -1.26. The van der Waals surface area contributed by atoms with Crippen molar-refractivity contribution in [2.75, 3.05) is 33.8 Å². The zero-order valence-corrected chi connectivity index (χ0v) is 20.6. The lowest BCUT2D eigenvalue weighted by Gasteiger charge is -2.26. The van der Waals surface area contributed by atoms with Crippen LogP contribution in [0.1, 0.15) is 37.6 Å². The maximum Gasteiger partial charge on any atom is 0.410 e. The number of carboxylic acid groups (broad SMARTS) is 1. The molecule has 2 N–H and O–H groups in total. The number of nitrogens with zero attached hydrogens (tertiary/aromatic N) is 4. The number of azo groups is 1. The Morgan fingerprint density at radius 3 is 2.31 bits per heavy atom. The number of allylic oxidation sites excluding steroid dienone is 2. The van der Waals surface area contributed by atoms with E-state index in [2.05, 4.69) is 10.2 Å². The van der Waals surface area contributed by atoms with Gasteiger partial charge >= 0.3 is 18.2 Å². The Kier molecular flexibility index (Phi) is 9.38. The van der Waals surface area contributed by atoms with Gasteiger partial charge in [0.1, 0.15) is 16.9 Å². The zero-order chi connectivity index (χ0) is 26.2. The minimum absolute atomic E-state index is 0.0250. The van der Waals surface area contributed by atoms with Crippen LogP contribution in [-0.4, -0.2) is 77.6 Å². The molecule has 0 saturated carbocycles. The third-order valence-corrected chi connectivity index (χ3v) is 4.87. The van der Waals surface area contributed by atoms with Crippen molar-refractivity contribution in [3.8, 4) is 5.75 Å². The molecular weight excluding hydrogens is 456 g/mol. The van der Waals surface area contributed by atoms with Gasteiger partial charge in [-0.1, -0.05) is 12.2 Å². The van der Waals surface area contributed by atoms with E-state index in [4.69, 9.17) is 14.6 Å². The number of aromatic carboxylic acids is 1. The third-order valence-electron chi connectivity index (χ3n) is 4.87. The molecule has 1 aromatic carbocycles. The van der Waals surface area contributed by atoms with E-state index in [1.807, 2.05) is 12.2 Å². The second-order valence-electron chi connectivity index (χ2n) is 9.09. The number of rotatable bonds is 8. The number of aromatic hydroxyl groups is 1. The molecule has 2 rings (SSSR count). The second kappa shape index (κ2) is 12.0. The van der Waals surface area contributed by atoms with Crippen LogP contribution in [0.3, 0.4) is 0 Å². The molecule has 1 unspecified atom stereocenters. The fourth-order valence-electron chi connectivity index (χ4n) is 2.84. The van der Waals surface area contributed by atoms with Crippen LogP contribution in [0.25, 0.3) is 0 Å². The number of hydrogen-bond donors (Lipinski definition) is 2. The van der Waals surface area contributed by atoms with Crippen molar-refractivity contribution in [2.24, 2.45) is 16.1 Å². The van der Waals surface area contributed by atoms with Crippen LogP contribution in [0.4, 0.5) is 15.3 Å². The predicted molar refractivity (Wildman–Crippen MR) is 128 cm³/mol. The number of carbonyl (C=O) groups excluding carboxylic acids is 2. The minimum Gasteiger partial charge on any atom is -0.507 e. The standard InChI is InChI=1S/C24H32N4O7/c1-24(2,3)35-23(33)28(5)13-12-27(4)22(32)34-15-16-6-8-17(9-7-16)25-26-18-10-11-20(29)19(14-18)21(30)31/h6,8-11,14,16,29H,7,12-13,15H2,1-5H3,(H,30,31). The highest BCUT2D eigenvalue weighted by atomic mass is 16.6. The van der Waals surface area contributed by atoms with E-state index in [9.17, 15) is 19.5 Å². The van der Waals surface area contributed by atoms with Crippen LogP contribution in [-0.2, 0) is 9.47 Å². The number of benzene rings is 1. The maximum absolute atomic E-state index is 12.3. The van der Waals surface area contributed by atoms with Crippen molar-refractivity contribution < 1.29 is 34.1 Å². The molecule has 1 aromatic rings. The van der Waals surface area contributed by atoms with Crippen LogP contribution in [0, 0.1) is 5.92 Å². The van der Waals surface area contributed by atoms with Crippen LogP contribution in [0.2, 0.25) is 0 Å². The lowest BCUT2D eigenvalue weighted by Crippen LogP contribution is -2.40. The number of hydrogen-bond acceptors (Lipinski definition) is 8. The van der Waals surface area contributed by atoms with Crippen molar-refractivity contribution in [3.05, 3.63) is 47.7 Å². The van der Waals surface area contributed by atoms with Gasteiger partial charge in [-0.15, -0.1) is 0 Å². The molecule has 1 aliphatic carbocycles. The molecule has 1 aliphatic rings. The summed E-state index contributed by atoms with van der Waals surface area (Å²) in [6.07, 6.45) is 5.06. The monoisotopic (exact) mass is 488 g/mol. The van der Waals surface area contributed by atoms with Crippen LogP contribution < -0.4 is 0 Å². The first-order valence-corrected chi connectivity index (χ1v) is 11.0. The summed E-state index contributed by atoms with van der Waals surface area (Å²) >= 11 is 0. The molecule has 0 fully saturated rings. The number of amides is 2. The molecule has 190 valence electrons. The van der Waals surface area contributed by atoms with Crippen LogP contribution in [0.15, 0.2) is 52.4 Å². The zero-order valence-electron chi connectivity index (χ0n) is 20.6. The fourth-order valence-corrected chi connectivity index (χ4v) is 2.84. The topological polar surface area (TPSA) is 141 Å². The first kappa shape index (κ1) is 27.4. The summed E-state index contributed by atoms with van der Waals surface area (Å²) in [7, 11) is 3.20. The average Bonchev–Trinajstić information content (AvgIpc) is 2.79. The van der Waals surface area contributed by atoms with E-state index in [1.54, 1.807) is 40.9 Å². The molecule has 2 amide bonds. The summed E-state index contributed by atoms with van der Waals surface area (Å²) in [5.74, 6) is -1.62. The van der Waals surface area contributed by atoms with Gasteiger partial charge in [-0.2, -0.15) is 10.2 Å². The van der Waals surface area contributed by atoms with Crippen LogP contribution >= 0.6 is 0 Å². The van der Waals surface area contributed by atoms with E-state index in [0.717, 1.165) is 0 Å². The Bertz CT molecular complexity index is 1030. The number of ether oxygens (including phenoxy) is 2. The Hall–Kier alpha value is -3.89. The molecule has 0 radical (unpaired) electrons.